The normalized spacial score (nSPS) is 19.4. The Morgan fingerprint density at radius 1 is 1.43 bits per heavy atom. The summed E-state index contributed by atoms with van der Waals surface area (Å²) in [5, 5.41) is 8.85. The molecule has 0 saturated carbocycles. The minimum absolute atomic E-state index is 0.0280. The van der Waals surface area contributed by atoms with E-state index in [9.17, 15) is 13.2 Å². The number of thioether (sulfide) groups is 1. The molecular weight excluding hydrogens is 334 g/mol. The minimum Gasteiger partial charge on any atom is -0.478 e. The smallest absolute Gasteiger partial charge is 0.337 e. The summed E-state index contributed by atoms with van der Waals surface area (Å²) in [6.07, 6.45) is 0. The molecule has 1 aliphatic heterocycles. The van der Waals surface area contributed by atoms with Gasteiger partial charge in [-0.15, -0.1) is 0 Å². The van der Waals surface area contributed by atoms with Crippen LogP contribution >= 0.6 is 23.4 Å². The first-order chi connectivity index (χ1) is 9.63. The Morgan fingerprint density at radius 2 is 2.10 bits per heavy atom. The van der Waals surface area contributed by atoms with Crippen molar-refractivity contribution in [1.82, 2.24) is 4.31 Å². The summed E-state index contributed by atoms with van der Waals surface area (Å²) in [7, 11) is -3.66. The molecule has 1 aromatic carbocycles. The number of nitrogens with zero attached hydrogens (tertiary/aromatic N) is 1. The fourth-order valence-electron chi connectivity index (χ4n) is 2.16. The molecule has 0 spiro atoms. The van der Waals surface area contributed by atoms with Gasteiger partial charge in [0, 0.05) is 23.6 Å². The zero-order chi connectivity index (χ0) is 15.8. The van der Waals surface area contributed by atoms with Crippen LogP contribution in [0, 0.1) is 0 Å². The molecule has 0 aromatic heterocycles. The molecule has 1 saturated heterocycles. The second-order valence-electron chi connectivity index (χ2n) is 5.39. The molecule has 8 heteroatoms. The monoisotopic (exact) mass is 349 g/mol. The molecule has 1 fully saturated rings. The Hall–Kier alpha value is -0.760. The van der Waals surface area contributed by atoms with Crippen molar-refractivity contribution in [2.75, 3.05) is 18.8 Å². The Balaban J connectivity index is 2.36. The summed E-state index contributed by atoms with van der Waals surface area (Å²) >= 11 is 7.59. The first kappa shape index (κ1) is 16.6. The fraction of sp³-hybridized carbons (Fsp3) is 0.462. The molecule has 0 atom stereocenters. The molecule has 0 unspecified atom stereocenters. The molecule has 1 aliphatic rings. The van der Waals surface area contributed by atoms with Gasteiger partial charge < -0.3 is 5.11 Å². The van der Waals surface area contributed by atoms with Gasteiger partial charge in [0.1, 0.15) is 0 Å². The lowest BCUT2D eigenvalue weighted by atomic mass is 10.2. The van der Waals surface area contributed by atoms with E-state index in [0.717, 1.165) is 5.75 Å². The van der Waals surface area contributed by atoms with Crippen molar-refractivity contribution in [1.29, 1.82) is 0 Å². The molecule has 0 radical (unpaired) electrons. The van der Waals surface area contributed by atoms with Crippen LogP contribution in [0.3, 0.4) is 0 Å². The highest BCUT2D eigenvalue weighted by molar-refractivity contribution is 8.00. The predicted molar refractivity (Wildman–Crippen MR) is 83.7 cm³/mol. The number of hydrogen-bond donors (Lipinski definition) is 1. The summed E-state index contributed by atoms with van der Waals surface area (Å²) in [6.45, 7) is 4.85. The molecule has 5 nitrogen and oxygen atoms in total. The molecule has 2 rings (SSSR count). The maximum atomic E-state index is 12.6. The molecule has 1 aromatic rings. The fourth-order valence-corrected chi connectivity index (χ4v) is 5.42. The molecule has 116 valence electrons. The highest BCUT2D eigenvalue weighted by Crippen LogP contribution is 2.33. The minimum atomic E-state index is -3.66. The van der Waals surface area contributed by atoms with Crippen molar-refractivity contribution >= 4 is 39.4 Å². The van der Waals surface area contributed by atoms with E-state index in [-0.39, 0.29) is 20.2 Å². The average molecular weight is 350 g/mol. The van der Waals surface area contributed by atoms with Gasteiger partial charge in [0.25, 0.3) is 0 Å². The second kappa shape index (κ2) is 5.79. The Kier molecular flexibility index (Phi) is 4.58. The lowest BCUT2D eigenvalue weighted by Crippen LogP contribution is -2.46. The summed E-state index contributed by atoms with van der Waals surface area (Å²) in [4.78, 5) is 11.0. The molecule has 0 aliphatic carbocycles. The van der Waals surface area contributed by atoms with Gasteiger partial charge in [0.15, 0.2) is 0 Å². The predicted octanol–water partition coefficient (Wildman–Crippen LogP) is 2.55. The molecule has 1 heterocycles. The third kappa shape index (κ3) is 3.53. The van der Waals surface area contributed by atoms with Crippen LogP contribution in [0.5, 0.6) is 0 Å². The van der Waals surface area contributed by atoms with Gasteiger partial charge in [-0.05, 0) is 32.0 Å². The SMILES string of the molecule is CC1(C)CN(S(=O)(=O)c2ccc(C(=O)O)c(Cl)c2)CCS1. The lowest BCUT2D eigenvalue weighted by molar-refractivity contribution is 0.0697. The van der Waals surface area contributed by atoms with Crippen LogP contribution in [0.15, 0.2) is 23.1 Å². The zero-order valence-corrected chi connectivity index (χ0v) is 14.1. The van der Waals surface area contributed by atoms with Crippen LogP contribution in [0.1, 0.15) is 24.2 Å². The highest BCUT2D eigenvalue weighted by atomic mass is 35.5. The number of benzene rings is 1. The van der Waals surface area contributed by atoms with E-state index < -0.39 is 16.0 Å². The Labute approximate surface area is 133 Å². The summed E-state index contributed by atoms with van der Waals surface area (Å²) in [6, 6.07) is 3.72. The van der Waals surface area contributed by atoms with E-state index >= 15 is 0 Å². The number of aromatic carboxylic acids is 1. The third-order valence-corrected chi connectivity index (χ3v) is 6.65. The van der Waals surface area contributed by atoms with Gasteiger partial charge in [-0.3, -0.25) is 0 Å². The second-order valence-corrected chi connectivity index (χ2v) is 9.54. The maximum Gasteiger partial charge on any atom is 0.337 e. The van der Waals surface area contributed by atoms with Crippen molar-refractivity contribution < 1.29 is 18.3 Å². The Bertz CT molecular complexity index is 673. The number of sulfonamides is 1. The van der Waals surface area contributed by atoms with Gasteiger partial charge in [-0.2, -0.15) is 16.1 Å². The molecule has 21 heavy (non-hydrogen) atoms. The third-order valence-electron chi connectivity index (χ3n) is 3.20. The number of halogens is 1. The van der Waals surface area contributed by atoms with E-state index in [1.165, 1.54) is 22.5 Å². The molecule has 1 N–H and O–H groups in total. The van der Waals surface area contributed by atoms with Gasteiger partial charge in [-0.1, -0.05) is 11.6 Å². The molecular formula is C13H16ClNO4S2. The van der Waals surface area contributed by atoms with Gasteiger partial charge in [-0.25, -0.2) is 13.2 Å². The van der Waals surface area contributed by atoms with E-state index in [1.54, 1.807) is 11.8 Å². The number of carboxylic acids is 1. The average Bonchev–Trinajstić information content (AvgIpc) is 2.36. The van der Waals surface area contributed by atoms with Crippen molar-refractivity contribution in [3.63, 3.8) is 0 Å². The van der Waals surface area contributed by atoms with Crippen molar-refractivity contribution in [3.8, 4) is 0 Å². The summed E-state index contributed by atoms with van der Waals surface area (Å²) in [5.41, 5.74) is -0.106. The Morgan fingerprint density at radius 3 is 2.62 bits per heavy atom. The number of carbonyl (C=O) groups is 1. The van der Waals surface area contributed by atoms with E-state index in [2.05, 4.69) is 0 Å². The number of rotatable bonds is 3. The van der Waals surface area contributed by atoms with Gasteiger partial charge >= 0.3 is 5.97 Å². The largest absolute Gasteiger partial charge is 0.478 e. The lowest BCUT2D eigenvalue weighted by Gasteiger charge is -2.36. The summed E-state index contributed by atoms with van der Waals surface area (Å²) in [5.74, 6) is -0.452. The van der Waals surface area contributed by atoms with Gasteiger partial charge in [0.2, 0.25) is 10.0 Å². The topological polar surface area (TPSA) is 74.7 Å². The van der Waals surface area contributed by atoms with Crippen molar-refractivity contribution in [2.45, 2.75) is 23.5 Å². The van der Waals surface area contributed by atoms with E-state index in [4.69, 9.17) is 16.7 Å². The van der Waals surface area contributed by atoms with Crippen LogP contribution in [-0.4, -0.2) is 47.4 Å². The van der Waals surface area contributed by atoms with Crippen LogP contribution in [0.2, 0.25) is 5.02 Å². The van der Waals surface area contributed by atoms with E-state index in [1.807, 2.05) is 13.8 Å². The zero-order valence-electron chi connectivity index (χ0n) is 11.7. The molecule has 0 amide bonds. The summed E-state index contributed by atoms with van der Waals surface area (Å²) < 4.78 is 26.5. The van der Waals surface area contributed by atoms with Crippen LogP contribution in [0.4, 0.5) is 0 Å². The number of carboxylic acid groups (broad SMARTS) is 1. The first-order valence-corrected chi connectivity index (χ1v) is 9.11. The standard InChI is InChI=1S/C13H16ClNO4S2/c1-13(2)8-15(5-6-20-13)21(18,19)9-3-4-10(12(16)17)11(14)7-9/h3-4,7H,5-6,8H2,1-2H3,(H,16,17). The first-order valence-electron chi connectivity index (χ1n) is 6.30. The quantitative estimate of drug-likeness (QED) is 0.907. The van der Waals surface area contributed by atoms with Crippen LogP contribution in [0.25, 0.3) is 0 Å². The maximum absolute atomic E-state index is 12.6. The van der Waals surface area contributed by atoms with Crippen molar-refractivity contribution in [3.05, 3.63) is 28.8 Å². The van der Waals surface area contributed by atoms with E-state index in [0.29, 0.717) is 13.1 Å². The van der Waals surface area contributed by atoms with Gasteiger partial charge in [0.05, 0.1) is 15.5 Å². The van der Waals surface area contributed by atoms with Crippen LogP contribution in [-0.2, 0) is 10.0 Å². The highest BCUT2D eigenvalue weighted by Gasteiger charge is 2.34. The van der Waals surface area contributed by atoms with Crippen molar-refractivity contribution in [2.24, 2.45) is 0 Å². The molecule has 0 bridgehead atoms. The van der Waals surface area contributed by atoms with Crippen LogP contribution < -0.4 is 0 Å². The number of hydrogen-bond acceptors (Lipinski definition) is 4.